The van der Waals surface area contributed by atoms with Gasteiger partial charge in [0.2, 0.25) is 0 Å². The maximum absolute atomic E-state index is 13.0. The lowest BCUT2D eigenvalue weighted by Gasteiger charge is -2.23. The summed E-state index contributed by atoms with van der Waals surface area (Å²) in [7, 11) is 0. The zero-order chi connectivity index (χ0) is 16.2. The highest BCUT2D eigenvalue weighted by Gasteiger charge is 2.34. The first kappa shape index (κ1) is 16.6. The largest absolute Gasteiger partial charge is 0.390 e. The highest BCUT2D eigenvalue weighted by Crippen LogP contribution is 2.36. The van der Waals surface area contributed by atoms with Crippen molar-refractivity contribution in [3.8, 4) is 0 Å². The third kappa shape index (κ3) is 4.62. The van der Waals surface area contributed by atoms with E-state index < -0.39 is 12.6 Å². The minimum Gasteiger partial charge on any atom is -0.171 e. The molecule has 117 valence electrons. The molecule has 0 aliphatic heterocycles. The first-order chi connectivity index (χ1) is 10.4. The molecule has 22 heavy (non-hydrogen) atoms. The van der Waals surface area contributed by atoms with E-state index in [1.165, 1.54) is 0 Å². The Morgan fingerprint density at radius 2 is 1.50 bits per heavy atom. The van der Waals surface area contributed by atoms with Crippen molar-refractivity contribution >= 4 is 0 Å². The van der Waals surface area contributed by atoms with Crippen LogP contribution in [-0.2, 0) is 6.42 Å². The summed E-state index contributed by atoms with van der Waals surface area (Å²) in [5, 5.41) is 0. The summed E-state index contributed by atoms with van der Waals surface area (Å²) in [5.41, 5.74) is 2.61. The predicted molar refractivity (Wildman–Crippen MR) is 83.7 cm³/mol. The lowest BCUT2D eigenvalue weighted by molar-refractivity contribution is -0.130. The Morgan fingerprint density at radius 3 is 2.09 bits per heavy atom. The van der Waals surface area contributed by atoms with Gasteiger partial charge in [0.15, 0.2) is 0 Å². The standard InChI is InChI=1S/C19H20F3/c1-14(2)17-10-6-7-11-18(17)16(13-19(20,21)22)12-15-8-4-3-5-9-15/h3-11,14H,12-13H2,1-2H3. The van der Waals surface area contributed by atoms with Crippen LogP contribution < -0.4 is 0 Å². The summed E-state index contributed by atoms with van der Waals surface area (Å²) in [6.45, 7) is 4.01. The number of hydrogen-bond acceptors (Lipinski definition) is 0. The molecule has 0 aromatic heterocycles. The van der Waals surface area contributed by atoms with Crippen molar-refractivity contribution < 1.29 is 13.2 Å². The van der Waals surface area contributed by atoms with Crippen molar-refractivity contribution in [1.29, 1.82) is 0 Å². The van der Waals surface area contributed by atoms with E-state index in [1.54, 1.807) is 6.07 Å². The molecule has 0 bridgehead atoms. The number of hydrogen-bond donors (Lipinski definition) is 0. The van der Waals surface area contributed by atoms with Crippen LogP contribution in [0.3, 0.4) is 0 Å². The summed E-state index contributed by atoms with van der Waals surface area (Å²) in [5.74, 6) is 0.623. The van der Waals surface area contributed by atoms with Gasteiger partial charge in [0.05, 0.1) is 6.42 Å². The summed E-state index contributed by atoms with van der Waals surface area (Å²) < 4.78 is 39.0. The zero-order valence-corrected chi connectivity index (χ0v) is 12.8. The van der Waals surface area contributed by atoms with Crippen LogP contribution in [0.5, 0.6) is 0 Å². The molecule has 0 nitrogen and oxygen atoms in total. The molecular formula is C19H20F3. The maximum Gasteiger partial charge on any atom is 0.390 e. The molecule has 0 fully saturated rings. The maximum atomic E-state index is 13.0. The predicted octanol–water partition coefficient (Wildman–Crippen LogP) is 5.93. The molecular weight excluding hydrogens is 285 g/mol. The van der Waals surface area contributed by atoms with E-state index in [1.807, 2.05) is 62.4 Å². The van der Waals surface area contributed by atoms with Crippen LogP contribution >= 0.6 is 0 Å². The third-order valence-corrected chi connectivity index (χ3v) is 3.64. The second-order valence-corrected chi connectivity index (χ2v) is 5.80. The van der Waals surface area contributed by atoms with E-state index in [9.17, 15) is 13.2 Å². The molecule has 0 aliphatic rings. The van der Waals surface area contributed by atoms with E-state index >= 15 is 0 Å². The van der Waals surface area contributed by atoms with Crippen LogP contribution in [0.15, 0.2) is 54.6 Å². The summed E-state index contributed by atoms with van der Waals surface area (Å²) in [4.78, 5) is 0. The van der Waals surface area contributed by atoms with Crippen molar-refractivity contribution in [1.82, 2.24) is 0 Å². The van der Waals surface area contributed by atoms with Crippen molar-refractivity contribution in [2.75, 3.05) is 0 Å². The molecule has 0 N–H and O–H groups in total. The molecule has 0 amide bonds. The van der Waals surface area contributed by atoms with Gasteiger partial charge in [-0.05, 0) is 29.0 Å². The molecule has 0 saturated carbocycles. The SMILES string of the molecule is CC(C)c1ccccc1[C](Cc1ccccc1)CC(F)(F)F. The topological polar surface area (TPSA) is 0 Å². The lowest BCUT2D eigenvalue weighted by Crippen LogP contribution is -2.18. The molecule has 0 unspecified atom stereocenters. The molecule has 0 aliphatic carbocycles. The molecule has 0 heterocycles. The normalized spacial score (nSPS) is 12.1. The number of alkyl halides is 3. The molecule has 2 aromatic rings. The quantitative estimate of drug-likeness (QED) is 0.642. The Kier molecular flexibility index (Phi) is 5.28. The van der Waals surface area contributed by atoms with Gasteiger partial charge in [-0.1, -0.05) is 68.4 Å². The molecule has 1 radical (unpaired) electrons. The van der Waals surface area contributed by atoms with Crippen LogP contribution in [0.25, 0.3) is 0 Å². The summed E-state index contributed by atoms with van der Waals surface area (Å²) in [6, 6.07) is 16.7. The molecule has 0 spiro atoms. The lowest BCUT2D eigenvalue weighted by atomic mass is 9.83. The minimum atomic E-state index is -4.20. The Labute approximate surface area is 130 Å². The van der Waals surface area contributed by atoms with E-state index in [0.717, 1.165) is 16.7 Å². The highest BCUT2D eigenvalue weighted by atomic mass is 19.4. The van der Waals surface area contributed by atoms with Gasteiger partial charge in [0, 0.05) is 5.92 Å². The minimum absolute atomic E-state index is 0.190. The van der Waals surface area contributed by atoms with E-state index in [2.05, 4.69) is 0 Å². The molecule has 2 rings (SSSR count). The van der Waals surface area contributed by atoms with Gasteiger partial charge in [-0.15, -0.1) is 0 Å². The Bertz CT molecular complexity index is 585. The highest BCUT2D eigenvalue weighted by molar-refractivity contribution is 5.42. The molecule has 0 atom stereocenters. The van der Waals surface area contributed by atoms with Crippen LogP contribution in [0.4, 0.5) is 13.2 Å². The van der Waals surface area contributed by atoms with Crippen LogP contribution in [0.2, 0.25) is 0 Å². The first-order valence-electron chi connectivity index (χ1n) is 7.41. The van der Waals surface area contributed by atoms with Gasteiger partial charge in [-0.2, -0.15) is 13.2 Å². The second-order valence-electron chi connectivity index (χ2n) is 5.80. The van der Waals surface area contributed by atoms with Crippen LogP contribution in [-0.4, -0.2) is 6.18 Å². The average Bonchev–Trinajstić information content (AvgIpc) is 2.46. The fourth-order valence-corrected chi connectivity index (χ4v) is 2.66. The first-order valence-corrected chi connectivity index (χ1v) is 7.41. The Morgan fingerprint density at radius 1 is 0.909 bits per heavy atom. The second kappa shape index (κ2) is 6.99. The molecule has 3 heteroatoms. The number of rotatable bonds is 5. The Balaban J connectivity index is 2.36. The van der Waals surface area contributed by atoms with Crippen molar-refractivity contribution in [3.05, 3.63) is 77.2 Å². The van der Waals surface area contributed by atoms with Gasteiger partial charge in [-0.25, -0.2) is 0 Å². The van der Waals surface area contributed by atoms with E-state index in [-0.39, 0.29) is 5.92 Å². The van der Waals surface area contributed by atoms with Crippen molar-refractivity contribution in [3.63, 3.8) is 0 Å². The number of halogens is 3. The monoisotopic (exact) mass is 305 g/mol. The number of benzene rings is 2. The zero-order valence-electron chi connectivity index (χ0n) is 12.8. The molecule has 0 saturated heterocycles. The van der Waals surface area contributed by atoms with E-state index in [4.69, 9.17) is 0 Å². The molecule has 2 aromatic carbocycles. The van der Waals surface area contributed by atoms with Crippen molar-refractivity contribution in [2.24, 2.45) is 0 Å². The van der Waals surface area contributed by atoms with Gasteiger partial charge in [0.25, 0.3) is 0 Å². The van der Waals surface area contributed by atoms with E-state index in [0.29, 0.717) is 12.3 Å². The van der Waals surface area contributed by atoms with Gasteiger partial charge >= 0.3 is 6.18 Å². The fourth-order valence-electron chi connectivity index (χ4n) is 2.66. The third-order valence-electron chi connectivity index (χ3n) is 3.64. The fraction of sp³-hybridized carbons (Fsp3) is 0.316. The van der Waals surface area contributed by atoms with Crippen molar-refractivity contribution in [2.45, 2.75) is 38.8 Å². The average molecular weight is 305 g/mol. The summed E-state index contributed by atoms with van der Waals surface area (Å²) in [6.07, 6.45) is -4.75. The van der Waals surface area contributed by atoms with Crippen LogP contribution in [0.1, 0.15) is 42.9 Å². The van der Waals surface area contributed by atoms with Gasteiger partial charge in [-0.3, -0.25) is 0 Å². The summed E-state index contributed by atoms with van der Waals surface area (Å²) >= 11 is 0. The van der Waals surface area contributed by atoms with Gasteiger partial charge in [0.1, 0.15) is 0 Å². The van der Waals surface area contributed by atoms with Gasteiger partial charge < -0.3 is 0 Å². The Hall–Kier alpha value is -1.77. The smallest absolute Gasteiger partial charge is 0.171 e. The van der Waals surface area contributed by atoms with Crippen LogP contribution in [0, 0.1) is 5.92 Å².